The molecule has 2 heterocycles. The summed E-state index contributed by atoms with van der Waals surface area (Å²) in [5.41, 5.74) is 1.18. The normalized spacial score (nSPS) is 14.4. The molecule has 1 aliphatic heterocycles. The third-order valence-corrected chi connectivity index (χ3v) is 4.46. The summed E-state index contributed by atoms with van der Waals surface area (Å²) in [5.74, 6) is 0.733. The number of aryl methyl sites for hydroxylation is 1. The molecule has 3 rings (SSSR count). The first-order chi connectivity index (χ1) is 12.6. The molecule has 2 aromatic rings. The van der Waals surface area contributed by atoms with E-state index in [-0.39, 0.29) is 11.5 Å². The molecule has 0 radical (unpaired) electrons. The highest BCUT2D eigenvalue weighted by Crippen LogP contribution is 2.28. The molecule has 1 aromatic carbocycles. The van der Waals surface area contributed by atoms with Crippen molar-refractivity contribution < 1.29 is 9.53 Å². The van der Waals surface area contributed by atoms with Crippen LogP contribution in [-0.4, -0.2) is 53.4 Å². The minimum absolute atomic E-state index is 0.134. The molecule has 7 heteroatoms. The van der Waals surface area contributed by atoms with Crippen LogP contribution >= 0.6 is 0 Å². The Kier molecular flexibility index (Phi) is 5.55. The standard InChI is InChI=1S/C19H24N4O3/c1-3-23-18(24)10-9-15(20-23)19(25)22-13-11-21(12-14-22)16-7-5-6-8-17(16)26-4-2/h5-10H,3-4,11-14H2,1-2H3. The van der Waals surface area contributed by atoms with Crippen LogP contribution in [0.4, 0.5) is 5.69 Å². The van der Waals surface area contributed by atoms with Crippen molar-refractivity contribution in [1.82, 2.24) is 14.7 Å². The molecule has 1 amide bonds. The van der Waals surface area contributed by atoms with Gasteiger partial charge in [-0.15, -0.1) is 0 Å². The van der Waals surface area contributed by atoms with Crippen LogP contribution in [0.5, 0.6) is 5.75 Å². The number of benzene rings is 1. The Morgan fingerprint density at radius 1 is 1.08 bits per heavy atom. The van der Waals surface area contributed by atoms with E-state index in [1.807, 2.05) is 38.1 Å². The van der Waals surface area contributed by atoms with Gasteiger partial charge in [0.2, 0.25) is 0 Å². The summed E-state index contributed by atoms with van der Waals surface area (Å²) in [6.45, 7) is 7.52. The summed E-state index contributed by atoms with van der Waals surface area (Å²) in [4.78, 5) is 28.4. The maximum Gasteiger partial charge on any atom is 0.274 e. The van der Waals surface area contributed by atoms with Crippen LogP contribution in [0.25, 0.3) is 0 Å². The maximum atomic E-state index is 12.7. The molecule has 1 fully saturated rings. The third kappa shape index (κ3) is 3.71. The second-order valence-corrected chi connectivity index (χ2v) is 6.05. The topological polar surface area (TPSA) is 67.7 Å². The second kappa shape index (κ2) is 8.03. The summed E-state index contributed by atoms with van der Waals surface area (Å²) in [6, 6.07) is 10.9. The van der Waals surface area contributed by atoms with Crippen molar-refractivity contribution >= 4 is 11.6 Å². The van der Waals surface area contributed by atoms with Crippen LogP contribution in [0, 0.1) is 0 Å². The average Bonchev–Trinajstić information content (AvgIpc) is 2.69. The molecule has 0 bridgehead atoms. The summed E-state index contributed by atoms with van der Waals surface area (Å²) in [6.07, 6.45) is 0. The predicted octanol–water partition coefficient (Wildman–Crippen LogP) is 1.62. The Bertz CT molecular complexity index is 826. The maximum absolute atomic E-state index is 12.7. The molecule has 0 aliphatic carbocycles. The highest BCUT2D eigenvalue weighted by atomic mass is 16.5. The molecule has 1 saturated heterocycles. The van der Waals surface area contributed by atoms with E-state index in [0.717, 1.165) is 24.5 Å². The summed E-state index contributed by atoms with van der Waals surface area (Å²) < 4.78 is 7.01. The van der Waals surface area contributed by atoms with Crippen LogP contribution in [-0.2, 0) is 6.54 Å². The minimum atomic E-state index is -0.193. The van der Waals surface area contributed by atoms with Crippen molar-refractivity contribution in [3.8, 4) is 5.75 Å². The van der Waals surface area contributed by atoms with Gasteiger partial charge in [0.15, 0.2) is 0 Å². The number of amides is 1. The number of hydrogen-bond donors (Lipinski definition) is 0. The first kappa shape index (κ1) is 18.0. The number of para-hydroxylation sites is 2. The van der Waals surface area contributed by atoms with E-state index in [4.69, 9.17) is 4.74 Å². The molecule has 7 nitrogen and oxygen atoms in total. The van der Waals surface area contributed by atoms with E-state index >= 15 is 0 Å². The quantitative estimate of drug-likeness (QED) is 0.814. The van der Waals surface area contributed by atoms with Gasteiger partial charge in [0.25, 0.3) is 11.5 Å². The van der Waals surface area contributed by atoms with Gasteiger partial charge >= 0.3 is 0 Å². The van der Waals surface area contributed by atoms with E-state index in [0.29, 0.717) is 31.9 Å². The van der Waals surface area contributed by atoms with Crippen LogP contribution < -0.4 is 15.2 Å². The third-order valence-electron chi connectivity index (χ3n) is 4.46. The van der Waals surface area contributed by atoms with E-state index in [1.54, 1.807) is 4.90 Å². The largest absolute Gasteiger partial charge is 0.492 e. The lowest BCUT2D eigenvalue weighted by molar-refractivity contribution is 0.0738. The van der Waals surface area contributed by atoms with Crippen molar-refractivity contribution in [3.63, 3.8) is 0 Å². The van der Waals surface area contributed by atoms with Crippen LogP contribution in [0.1, 0.15) is 24.3 Å². The molecule has 0 saturated carbocycles. The smallest absolute Gasteiger partial charge is 0.274 e. The first-order valence-corrected chi connectivity index (χ1v) is 8.98. The number of ether oxygens (including phenoxy) is 1. The number of anilines is 1. The fraction of sp³-hybridized carbons (Fsp3) is 0.421. The lowest BCUT2D eigenvalue weighted by Crippen LogP contribution is -2.49. The molecule has 0 spiro atoms. The van der Waals surface area contributed by atoms with Crippen molar-refractivity contribution in [1.29, 1.82) is 0 Å². The van der Waals surface area contributed by atoms with Crippen molar-refractivity contribution in [3.05, 3.63) is 52.4 Å². The summed E-state index contributed by atoms with van der Waals surface area (Å²) in [5, 5.41) is 4.16. The second-order valence-electron chi connectivity index (χ2n) is 6.05. The number of rotatable bonds is 5. The van der Waals surface area contributed by atoms with Crippen LogP contribution in [0.2, 0.25) is 0 Å². The van der Waals surface area contributed by atoms with Gasteiger partial charge in [-0.2, -0.15) is 5.10 Å². The van der Waals surface area contributed by atoms with Gasteiger partial charge in [0, 0.05) is 38.8 Å². The average molecular weight is 356 g/mol. The van der Waals surface area contributed by atoms with Gasteiger partial charge in [-0.3, -0.25) is 9.59 Å². The number of piperazine rings is 1. The monoisotopic (exact) mass is 356 g/mol. The van der Waals surface area contributed by atoms with Gasteiger partial charge in [0.1, 0.15) is 11.4 Å². The molecule has 0 N–H and O–H groups in total. The summed E-state index contributed by atoms with van der Waals surface area (Å²) in [7, 11) is 0. The molecule has 1 aliphatic rings. The van der Waals surface area contributed by atoms with Crippen LogP contribution in [0.3, 0.4) is 0 Å². The summed E-state index contributed by atoms with van der Waals surface area (Å²) >= 11 is 0. The number of aromatic nitrogens is 2. The fourth-order valence-electron chi connectivity index (χ4n) is 3.10. The zero-order chi connectivity index (χ0) is 18.5. The molecule has 1 aromatic heterocycles. The van der Waals surface area contributed by atoms with Gasteiger partial charge in [-0.1, -0.05) is 12.1 Å². The Morgan fingerprint density at radius 2 is 1.81 bits per heavy atom. The zero-order valence-corrected chi connectivity index (χ0v) is 15.2. The van der Waals surface area contributed by atoms with Crippen molar-refractivity contribution in [2.75, 3.05) is 37.7 Å². The Balaban J connectivity index is 1.69. The lowest BCUT2D eigenvalue weighted by atomic mass is 10.2. The van der Waals surface area contributed by atoms with Gasteiger partial charge < -0.3 is 14.5 Å². The molecule has 0 unspecified atom stereocenters. The lowest BCUT2D eigenvalue weighted by Gasteiger charge is -2.36. The highest BCUT2D eigenvalue weighted by molar-refractivity contribution is 5.92. The van der Waals surface area contributed by atoms with Gasteiger partial charge in [-0.05, 0) is 32.0 Å². The van der Waals surface area contributed by atoms with Gasteiger partial charge in [0.05, 0.1) is 12.3 Å². The predicted molar refractivity (Wildman–Crippen MR) is 99.9 cm³/mol. The minimum Gasteiger partial charge on any atom is -0.492 e. The SMILES string of the molecule is CCOc1ccccc1N1CCN(C(=O)c2ccc(=O)n(CC)n2)CC1. The zero-order valence-electron chi connectivity index (χ0n) is 15.2. The molecular weight excluding hydrogens is 332 g/mol. The van der Waals surface area contributed by atoms with Crippen molar-refractivity contribution in [2.24, 2.45) is 0 Å². The van der Waals surface area contributed by atoms with Crippen LogP contribution in [0.15, 0.2) is 41.2 Å². The van der Waals surface area contributed by atoms with E-state index in [2.05, 4.69) is 10.00 Å². The van der Waals surface area contributed by atoms with E-state index < -0.39 is 0 Å². The molecule has 26 heavy (non-hydrogen) atoms. The first-order valence-electron chi connectivity index (χ1n) is 8.98. The van der Waals surface area contributed by atoms with Gasteiger partial charge in [-0.25, -0.2) is 4.68 Å². The molecule has 0 atom stereocenters. The number of carbonyl (C=O) groups is 1. The van der Waals surface area contributed by atoms with Crippen molar-refractivity contribution in [2.45, 2.75) is 20.4 Å². The number of hydrogen-bond acceptors (Lipinski definition) is 5. The highest BCUT2D eigenvalue weighted by Gasteiger charge is 2.24. The van der Waals surface area contributed by atoms with E-state index in [1.165, 1.54) is 16.8 Å². The molecule has 138 valence electrons. The Labute approximate surface area is 152 Å². The van der Waals surface area contributed by atoms with E-state index in [9.17, 15) is 9.59 Å². The number of carbonyl (C=O) groups excluding carboxylic acids is 1. The Hall–Kier alpha value is -2.83. The number of nitrogens with zero attached hydrogens (tertiary/aromatic N) is 4. The molecular formula is C19H24N4O3. The Morgan fingerprint density at radius 3 is 2.50 bits per heavy atom. The fourth-order valence-corrected chi connectivity index (χ4v) is 3.10.